The molecule has 67 heavy (non-hydrogen) atoms. The van der Waals surface area contributed by atoms with Gasteiger partial charge in [0.2, 0.25) is 11.8 Å². The molecule has 9 rings (SSSR count). The first-order valence-electron chi connectivity index (χ1n) is 22.0. The number of H-pyrrole nitrogens is 1. The van der Waals surface area contributed by atoms with Gasteiger partial charge in [-0.3, -0.25) is 59.1 Å². The summed E-state index contributed by atoms with van der Waals surface area (Å²) in [6, 6.07) is 7.47. The number of amides is 5. The minimum Gasteiger partial charge on any atom is -0.367 e. The number of carbonyl (C=O) groups is 5. The number of anilines is 1. The predicted molar refractivity (Wildman–Crippen MR) is 231 cm³/mol. The third kappa shape index (κ3) is 8.89. The molecular formula is C45H47F4N13O5. The van der Waals surface area contributed by atoms with E-state index < -0.39 is 58.8 Å². The molecule has 0 saturated carbocycles. The summed E-state index contributed by atoms with van der Waals surface area (Å²) in [6.07, 6.45) is 3.89. The number of imide groups is 2. The van der Waals surface area contributed by atoms with Crippen LogP contribution in [0.2, 0.25) is 0 Å². The van der Waals surface area contributed by atoms with Gasteiger partial charge in [-0.1, -0.05) is 6.07 Å². The molecule has 3 fully saturated rings. The lowest BCUT2D eigenvalue weighted by Gasteiger charge is -2.43. The van der Waals surface area contributed by atoms with Crippen LogP contribution < -0.4 is 15.5 Å². The number of alkyl halides is 3. The molecule has 3 saturated heterocycles. The van der Waals surface area contributed by atoms with Gasteiger partial charge in [0.15, 0.2) is 5.82 Å². The highest BCUT2D eigenvalue weighted by molar-refractivity contribution is 6.23. The maximum Gasteiger partial charge on any atom is 0.401 e. The van der Waals surface area contributed by atoms with Crippen molar-refractivity contribution in [3.63, 3.8) is 0 Å². The van der Waals surface area contributed by atoms with E-state index in [0.29, 0.717) is 44.5 Å². The fraction of sp³-hybridized carbons (Fsp3) is 0.422. The summed E-state index contributed by atoms with van der Waals surface area (Å²) >= 11 is 0. The van der Waals surface area contributed by atoms with E-state index in [0.717, 1.165) is 73.3 Å². The fourth-order valence-corrected chi connectivity index (χ4v) is 9.00. The number of halogens is 4. The highest BCUT2D eigenvalue weighted by Crippen LogP contribution is 2.39. The molecule has 4 aliphatic rings. The van der Waals surface area contributed by atoms with Gasteiger partial charge in [0.25, 0.3) is 17.7 Å². The summed E-state index contributed by atoms with van der Waals surface area (Å²) in [5.74, 6) is -4.00. The molecule has 0 radical (unpaired) electrons. The van der Waals surface area contributed by atoms with Crippen LogP contribution >= 0.6 is 0 Å². The number of nitrogens with zero attached hydrogens (tertiary/aromatic N) is 10. The molecule has 5 amide bonds. The quantitative estimate of drug-likeness (QED) is 0.127. The lowest BCUT2D eigenvalue weighted by molar-refractivity contribution is -0.182. The van der Waals surface area contributed by atoms with Crippen molar-refractivity contribution in [3.05, 3.63) is 101 Å². The van der Waals surface area contributed by atoms with Gasteiger partial charge in [0.05, 0.1) is 64.6 Å². The summed E-state index contributed by atoms with van der Waals surface area (Å²) < 4.78 is 57.2. The number of nitrogens with one attached hydrogen (secondary N) is 3. The molecule has 5 aromatic rings. The van der Waals surface area contributed by atoms with E-state index >= 15 is 4.39 Å². The number of fused-ring (bicyclic) bond motifs is 1. The minimum absolute atomic E-state index is 0.00218. The van der Waals surface area contributed by atoms with Crippen LogP contribution in [0.15, 0.2) is 55.1 Å². The molecule has 0 aliphatic carbocycles. The van der Waals surface area contributed by atoms with E-state index in [1.54, 1.807) is 23.3 Å². The summed E-state index contributed by atoms with van der Waals surface area (Å²) in [4.78, 5) is 84.3. The Morgan fingerprint density at radius 3 is 2.28 bits per heavy atom. The Morgan fingerprint density at radius 2 is 1.61 bits per heavy atom. The molecule has 3 aromatic heterocycles. The second-order valence-corrected chi connectivity index (χ2v) is 17.8. The molecule has 3 N–H and O–H groups in total. The SMILES string of the molecule is Cc1cc(-c2cnc(CN3CCC(N4CCN(c5cc6c(cc5F)C(=O)N(C5CCC(=O)NC5=O)C6=O)CC4)CC3)cn2)ccc1-n1cc(C(=O)NCc2nc(C(C)(C)C(F)(F)F)n[nH]2)cn1. The Bertz CT molecular complexity index is 2760. The van der Waals surface area contributed by atoms with Crippen molar-refractivity contribution >= 4 is 35.2 Å². The number of hydrogen-bond donors (Lipinski definition) is 3. The lowest BCUT2D eigenvalue weighted by Crippen LogP contribution is -2.54. The summed E-state index contributed by atoms with van der Waals surface area (Å²) in [7, 11) is 0. The number of aromatic amines is 1. The zero-order valence-corrected chi connectivity index (χ0v) is 36.9. The smallest absolute Gasteiger partial charge is 0.367 e. The number of benzene rings is 2. The molecule has 1 unspecified atom stereocenters. The van der Waals surface area contributed by atoms with E-state index in [1.165, 1.54) is 12.3 Å². The second-order valence-electron chi connectivity index (χ2n) is 17.8. The normalized spacial score (nSPS) is 19.0. The summed E-state index contributed by atoms with van der Waals surface area (Å²) in [5, 5.41) is 15.3. The second kappa shape index (κ2) is 17.7. The molecule has 1 atom stereocenters. The number of hydrogen-bond acceptors (Lipinski definition) is 13. The molecule has 350 valence electrons. The van der Waals surface area contributed by atoms with Crippen LogP contribution in [0.1, 0.15) is 93.5 Å². The van der Waals surface area contributed by atoms with Crippen molar-refractivity contribution < 1.29 is 41.5 Å². The number of piperidine rings is 2. The first-order chi connectivity index (χ1) is 31.9. The highest BCUT2D eigenvalue weighted by atomic mass is 19.4. The Balaban J connectivity index is 0.736. The van der Waals surface area contributed by atoms with E-state index in [4.69, 9.17) is 9.97 Å². The van der Waals surface area contributed by atoms with Gasteiger partial charge in [-0.15, -0.1) is 0 Å². The minimum atomic E-state index is -4.54. The molecule has 18 nitrogen and oxygen atoms in total. The van der Waals surface area contributed by atoms with Gasteiger partial charge in [-0.25, -0.2) is 14.1 Å². The molecular weight excluding hydrogens is 879 g/mol. The summed E-state index contributed by atoms with van der Waals surface area (Å²) in [6.45, 7) is 8.61. The topological polar surface area (TPSA) is 208 Å². The Kier molecular flexibility index (Phi) is 11.9. The van der Waals surface area contributed by atoms with Crippen LogP contribution in [-0.4, -0.2) is 137 Å². The van der Waals surface area contributed by atoms with Gasteiger partial charge >= 0.3 is 6.18 Å². The van der Waals surface area contributed by atoms with Crippen LogP contribution in [-0.2, 0) is 28.1 Å². The zero-order valence-electron chi connectivity index (χ0n) is 36.9. The van der Waals surface area contributed by atoms with Crippen molar-refractivity contribution in [2.24, 2.45) is 0 Å². The van der Waals surface area contributed by atoms with Crippen LogP contribution in [0.3, 0.4) is 0 Å². The number of carbonyl (C=O) groups excluding carboxylic acids is 5. The van der Waals surface area contributed by atoms with E-state index in [-0.39, 0.29) is 47.6 Å². The number of likely N-dealkylation sites (tertiary alicyclic amines) is 1. The van der Waals surface area contributed by atoms with Gasteiger partial charge < -0.3 is 10.2 Å². The summed E-state index contributed by atoms with van der Waals surface area (Å²) in [5.41, 5.74) is 2.21. The fourth-order valence-electron chi connectivity index (χ4n) is 9.00. The van der Waals surface area contributed by atoms with E-state index in [9.17, 15) is 37.1 Å². The number of aryl methyl sites for hydroxylation is 1. The average Bonchev–Trinajstić information content (AvgIpc) is 4.05. The third-order valence-corrected chi connectivity index (χ3v) is 13.1. The number of aromatic nitrogens is 7. The molecule has 0 bridgehead atoms. The van der Waals surface area contributed by atoms with Crippen molar-refractivity contribution in [2.45, 2.75) is 83.2 Å². The number of rotatable bonds is 11. The van der Waals surface area contributed by atoms with Crippen LogP contribution in [0.5, 0.6) is 0 Å². The standard InChI is InChI=1S/C45H47F4N13O5/c1-25-16-26(4-5-34(25)61-23-27(19-53-61)39(64)52-22-37-54-43(57-56-37)44(2,3)45(47,48)49)33-21-50-28(20-51-33)24-58-10-8-29(9-11-58)59-12-14-60(15-13-59)36-18-31-30(17-32(36)46)41(66)62(42(31)67)35-6-7-38(63)55-40(35)65/h4-5,16-21,23,29,35H,6-15,22,24H2,1-3H3,(H,52,64)(H,54,56,57)(H,55,63,65). The van der Waals surface area contributed by atoms with E-state index in [2.05, 4.69) is 40.7 Å². The third-order valence-electron chi connectivity index (χ3n) is 13.1. The van der Waals surface area contributed by atoms with Crippen LogP contribution in [0.25, 0.3) is 16.9 Å². The average molecular weight is 926 g/mol. The Hall–Kier alpha value is -6.94. The van der Waals surface area contributed by atoms with E-state index in [1.807, 2.05) is 30.0 Å². The molecule has 0 spiro atoms. The highest BCUT2D eigenvalue weighted by Gasteiger charge is 2.51. The van der Waals surface area contributed by atoms with Crippen molar-refractivity contribution in [3.8, 4) is 16.9 Å². The van der Waals surface area contributed by atoms with Crippen molar-refractivity contribution in [1.29, 1.82) is 0 Å². The maximum absolute atomic E-state index is 15.5. The Morgan fingerprint density at radius 1 is 0.881 bits per heavy atom. The van der Waals surface area contributed by atoms with Gasteiger partial charge in [-0.2, -0.15) is 23.4 Å². The molecule has 7 heterocycles. The maximum atomic E-state index is 15.5. The monoisotopic (exact) mass is 925 g/mol. The lowest BCUT2D eigenvalue weighted by atomic mass is 9.92. The largest absolute Gasteiger partial charge is 0.401 e. The number of piperazine rings is 1. The first kappa shape index (κ1) is 45.2. The van der Waals surface area contributed by atoms with Crippen LogP contribution in [0, 0.1) is 12.7 Å². The molecule has 22 heteroatoms. The first-order valence-corrected chi connectivity index (χ1v) is 22.0. The molecule has 4 aliphatic heterocycles. The van der Waals surface area contributed by atoms with Gasteiger partial charge in [-0.05, 0) is 69.9 Å². The zero-order chi connectivity index (χ0) is 47.4. The van der Waals surface area contributed by atoms with Crippen LogP contribution in [0.4, 0.5) is 23.2 Å². The van der Waals surface area contributed by atoms with Crippen molar-refractivity contribution in [2.75, 3.05) is 44.2 Å². The van der Waals surface area contributed by atoms with Gasteiger partial charge in [0, 0.05) is 70.0 Å². The van der Waals surface area contributed by atoms with Crippen molar-refractivity contribution in [1.82, 2.24) is 60.3 Å². The molecule has 2 aromatic carbocycles. The Labute approximate surface area is 381 Å². The predicted octanol–water partition coefficient (Wildman–Crippen LogP) is 3.85. The van der Waals surface area contributed by atoms with Gasteiger partial charge in [0.1, 0.15) is 23.1 Å².